The Morgan fingerprint density at radius 2 is 1.84 bits per heavy atom. The number of hydrogen-bond acceptors (Lipinski definition) is 3. The zero-order chi connectivity index (χ0) is 14.7. The van der Waals surface area contributed by atoms with Gasteiger partial charge in [0.05, 0.1) is 0 Å². The van der Waals surface area contributed by atoms with Gasteiger partial charge >= 0.3 is 125 Å². The summed E-state index contributed by atoms with van der Waals surface area (Å²) in [5.41, 5.74) is 0.217. The SMILES string of the molecule is CC(C)(C)OC(=O)Nc1cnc[c]([Sn][C](C)(C)C)c1. The average molecular weight is 369 g/mol. The van der Waals surface area contributed by atoms with Gasteiger partial charge < -0.3 is 0 Å². The Kier molecular flexibility index (Phi) is 5.24. The molecule has 1 rings (SSSR count). The molecule has 1 heterocycles. The quantitative estimate of drug-likeness (QED) is 0.816. The first kappa shape index (κ1) is 16.3. The minimum absolute atomic E-state index is 0.357. The third-order valence-electron chi connectivity index (χ3n) is 1.90. The van der Waals surface area contributed by atoms with Gasteiger partial charge in [-0.05, 0) is 0 Å². The topological polar surface area (TPSA) is 51.2 Å². The van der Waals surface area contributed by atoms with Crippen molar-refractivity contribution in [1.82, 2.24) is 4.98 Å². The van der Waals surface area contributed by atoms with E-state index in [0.29, 0.717) is 9.12 Å². The summed E-state index contributed by atoms with van der Waals surface area (Å²) in [6, 6.07) is 2.01. The number of nitrogens with one attached hydrogen (secondary N) is 1. The fraction of sp³-hybridized carbons (Fsp3) is 0.571. The van der Waals surface area contributed by atoms with Crippen LogP contribution in [0.25, 0.3) is 0 Å². The van der Waals surface area contributed by atoms with Crippen LogP contribution in [-0.2, 0) is 4.74 Å². The van der Waals surface area contributed by atoms with Crippen LogP contribution in [0.2, 0.25) is 3.43 Å². The van der Waals surface area contributed by atoms with E-state index in [1.54, 1.807) is 6.20 Å². The number of rotatable bonds is 2. The second-order valence-electron chi connectivity index (χ2n) is 6.46. The number of pyridine rings is 1. The van der Waals surface area contributed by atoms with E-state index in [9.17, 15) is 4.79 Å². The third kappa shape index (κ3) is 7.40. The molecule has 0 spiro atoms. The molecule has 4 nitrogen and oxygen atoms in total. The summed E-state index contributed by atoms with van der Waals surface area (Å²) in [6.45, 7) is 12.3. The molecule has 0 atom stereocenters. The molecule has 1 amide bonds. The molecular formula is C14H22N2O2Sn. The molecule has 5 heteroatoms. The van der Waals surface area contributed by atoms with Crippen LogP contribution in [0, 0.1) is 0 Å². The Labute approximate surface area is 125 Å². The maximum absolute atomic E-state index is 11.7. The third-order valence-corrected chi connectivity index (χ3v) is 5.65. The Bertz CT molecular complexity index is 447. The van der Waals surface area contributed by atoms with Crippen LogP contribution in [0.1, 0.15) is 41.5 Å². The van der Waals surface area contributed by atoms with Crippen molar-refractivity contribution in [3.63, 3.8) is 0 Å². The van der Waals surface area contributed by atoms with E-state index in [4.69, 9.17) is 4.74 Å². The molecule has 19 heavy (non-hydrogen) atoms. The Hall–Kier alpha value is -0.781. The number of ether oxygens (including phenoxy) is 1. The van der Waals surface area contributed by atoms with Crippen molar-refractivity contribution in [1.29, 1.82) is 0 Å². The Morgan fingerprint density at radius 3 is 2.37 bits per heavy atom. The van der Waals surface area contributed by atoms with Gasteiger partial charge in [-0.15, -0.1) is 0 Å². The van der Waals surface area contributed by atoms with Crippen LogP contribution in [0.15, 0.2) is 18.5 Å². The molecule has 0 aliphatic rings. The van der Waals surface area contributed by atoms with E-state index in [-0.39, 0.29) is 0 Å². The van der Waals surface area contributed by atoms with Crippen LogP contribution in [0.3, 0.4) is 0 Å². The summed E-state index contributed by atoms with van der Waals surface area (Å²) in [5, 5.41) is 2.73. The van der Waals surface area contributed by atoms with Gasteiger partial charge in [-0.1, -0.05) is 0 Å². The number of amides is 1. The molecule has 0 unspecified atom stereocenters. The maximum atomic E-state index is 11.7. The summed E-state index contributed by atoms with van der Waals surface area (Å²) < 4.78 is 6.84. The summed E-state index contributed by atoms with van der Waals surface area (Å²) in [4.78, 5) is 15.9. The van der Waals surface area contributed by atoms with Crippen molar-refractivity contribution in [2.75, 3.05) is 5.32 Å². The summed E-state index contributed by atoms with van der Waals surface area (Å²) in [6.07, 6.45) is 3.11. The molecular weight excluding hydrogens is 347 g/mol. The minimum atomic E-state index is -0.713. The summed E-state index contributed by atoms with van der Waals surface area (Å²) in [5.74, 6) is 0. The second-order valence-corrected chi connectivity index (χ2v) is 13.1. The molecule has 2 radical (unpaired) electrons. The van der Waals surface area contributed by atoms with Gasteiger partial charge in [0.15, 0.2) is 0 Å². The molecule has 0 saturated heterocycles. The number of carbonyl (C=O) groups excluding carboxylic acids is 1. The fourth-order valence-corrected chi connectivity index (χ4v) is 4.95. The van der Waals surface area contributed by atoms with E-state index in [1.807, 2.05) is 33.0 Å². The zero-order valence-electron chi connectivity index (χ0n) is 12.5. The molecule has 0 aliphatic heterocycles. The van der Waals surface area contributed by atoms with Crippen LogP contribution in [0.5, 0.6) is 0 Å². The van der Waals surface area contributed by atoms with Crippen molar-refractivity contribution in [3.8, 4) is 0 Å². The van der Waals surface area contributed by atoms with Gasteiger partial charge in [-0.2, -0.15) is 0 Å². The van der Waals surface area contributed by atoms with Gasteiger partial charge in [0.2, 0.25) is 0 Å². The van der Waals surface area contributed by atoms with Crippen LogP contribution < -0.4 is 8.90 Å². The van der Waals surface area contributed by atoms with Crippen LogP contribution in [0.4, 0.5) is 10.5 Å². The standard InChI is InChI=1S/C10H13N2O2.C4H9.Sn/c1-10(2,3)14-9(13)12-8-5-4-6-11-7-8;1-4(2)3;/h5-7H,1-3H3,(H,12,13);1-3H3;. The molecule has 1 N–H and O–H groups in total. The summed E-state index contributed by atoms with van der Waals surface area (Å²) >= 11 is -0.713. The van der Waals surface area contributed by atoms with Crippen molar-refractivity contribution < 1.29 is 9.53 Å². The van der Waals surface area contributed by atoms with Gasteiger partial charge in [0.1, 0.15) is 0 Å². The van der Waals surface area contributed by atoms with Crippen molar-refractivity contribution in [3.05, 3.63) is 18.5 Å². The molecule has 104 valence electrons. The molecule has 0 aliphatic carbocycles. The monoisotopic (exact) mass is 370 g/mol. The van der Waals surface area contributed by atoms with E-state index < -0.39 is 32.8 Å². The van der Waals surface area contributed by atoms with Gasteiger partial charge in [0, 0.05) is 0 Å². The Morgan fingerprint density at radius 1 is 1.21 bits per heavy atom. The fourth-order valence-electron chi connectivity index (χ4n) is 1.43. The average Bonchev–Trinajstić information content (AvgIpc) is 2.11. The number of carbonyl (C=O) groups is 1. The number of anilines is 1. The van der Waals surface area contributed by atoms with Gasteiger partial charge in [-0.25, -0.2) is 0 Å². The zero-order valence-corrected chi connectivity index (χ0v) is 15.3. The van der Waals surface area contributed by atoms with Crippen molar-refractivity contribution in [2.24, 2.45) is 0 Å². The first-order chi connectivity index (χ1) is 8.55. The Balaban J connectivity index is 2.70. The number of aromatic nitrogens is 1. The van der Waals surface area contributed by atoms with Gasteiger partial charge in [-0.3, -0.25) is 0 Å². The van der Waals surface area contributed by atoms with Crippen molar-refractivity contribution in [2.45, 2.75) is 50.6 Å². The summed E-state index contributed by atoms with van der Waals surface area (Å²) in [7, 11) is 0. The van der Waals surface area contributed by atoms with Crippen molar-refractivity contribution >= 4 is 36.5 Å². The van der Waals surface area contributed by atoms with Crippen LogP contribution in [-0.4, -0.2) is 37.8 Å². The molecule has 0 fully saturated rings. The first-order valence-electron chi connectivity index (χ1n) is 6.28. The predicted molar refractivity (Wildman–Crippen MR) is 79.2 cm³/mol. The normalized spacial score (nSPS) is 12.1. The molecule has 0 bridgehead atoms. The van der Waals surface area contributed by atoms with Crippen LogP contribution >= 0.6 is 0 Å². The molecule has 1 aromatic heterocycles. The van der Waals surface area contributed by atoms with E-state index >= 15 is 0 Å². The molecule has 1 aromatic rings. The number of nitrogens with zero attached hydrogens (tertiary/aromatic N) is 1. The first-order valence-corrected chi connectivity index (χ1v) is 9.14. The molecule has 0 saturated carbocycles. The predicted octanol–water partition coefficient (Wildman–Crippen LogP) is 2.98. The van der Waals surface area contributed by atoms with E-state index in [1.165, 1.54) is 3.58 Å². The second kappa shape index (κ2) is 6.11. The molecule has 0 aromatic carbocycles. The van der Waals surface area contributed by atoms with E-state index in [2.05, 4.69) is 31.1 Å². The van der Waals surface area contributed by atoms with Gasteiger partial charge in [0.25, 0.3) is 0 Å². The number of hydrogen-bond donors (Lipinski definition) is 1. The van der Waals surface area contributed by atoms with E-state index in [0.717, 1.165) is 0 Å².